The number of ether oxygens (including phenoxy) is 1. The highest BCUT2D eigenvalue weighted by atomic mass is 35.5. The van der Waals surface area contributed by atoms with Crippen molar-refractivity contribution in [3.8, 4) is 5.75 Å². The summed E-state index contributed by atoms with van der Waals surface area (Å²) in [5.41, 5.74) is 3.36. The summed E-state index contributed by atoms with van der Waals surface area (Å²) in [6.45, 7) is 8.33. The normalized spacial score (nSPS) is 19.6. The number of anilines is 5. The number of carbonyl (C=O) groups is 1. The minimum Gasteiger partial charge on any atom is -0.494 e. The van der Waals surface area contributed by atoms with Crippen molar-refractivity contribution in [3.63, 3.8) is 0 Å². The predicted molar refractivity (Wildman–Crippen MR) is 188 cm³/mol. The molecule has 3 aliphatic rings. The number of hydrogen-bond acceptors (Lipinski definition) is 10. The van der Waals surface area contributed by atoms with E-state index in [4.69, 9.17) is 21.2 Å². The van der Waals surface area contributed by atoms with Crippen LogP contribution in [0.15, 0.2) is 61.4 Å². The Morgan fingerprint density at radius 2 is 1.77 bits per heavy atom. The summed E-state index contributed by atoms with van der Waals surface area (Å²) in [5.74, 6) is 1.56. The van der Waals surface area contributed by atoms with Crippen LogP contribution in [-0.2, 0) is 9.63 Å². The second kappa shape index (κ2) is 14.9. The smallest absolute Gasteiger partial charge is 0.247 e. The van der Waals surface area contributed by atoms with Crippen LogP contribution < -0.4 is 25.3 Å². The topological polar surface area (TPSA) is 98.3 Å². The molecule has 1 aromatic heterocycles. The number of carbonyl (C=O) groups excluding carboxylic acids is 1. The van der Waals surface area contributed by atoms with Crippen molar-refractivity contribution in [2.75, 3.05) is 74.6 Å². The van der Waals surface area contributed by atoms with E-state index in [-0.39, 0.29) is 11.9 Å². The van der Waals surface area contributed by atoms with Crippen LogP contribution >= 0.6 is 11.6 Å². The molecule has 3 aromatic rings. The van der Waals surface area contributed by atoms with Crippen LogP contribution in [-0.4, -0.2) is 91.7 Å². The molecule has 0 spiro atoms. The quantitative estimate of drug-likeness (QED) is 0.257. The van der Waals surface area contributed by atoms with Crippen molar-refractivity contribution < 1.29 is 14.4 Å². The highest BCUT2D eigenvalue weighted by Crippen LogP contribution is 2.41. The summed E-state index contributed by atoms with van der Waals surface area (Å²) >= 11 is 6.12. The fourth-order valence-electron chi connectivity index (χ4n) is 6.98. The fourth-order valence-corrected chi connectivity index (χ4v) is 7.10. The first-order valence-electron chi connectivity index (χ1n) is 16.4. The van der Waals surface area contributed by atoms with E-state index in [9.17, 15) is 4.79 Å². The van der Waals surface area contributed by atoms with E-state index in [1.807, 2.05) is 47.5 Å². The van der Waals surface area contributed by atoms with E-state index in [1.165, 1.54) is 25.2 Å². The number of likely N-dealkylation sites (tertiary alicyclic amines) is 1. The Morgan fingerprint density at radius 3 is 2.45 bits per heavy atom. The Labute approximate surface area is 282 Å². The lowest BCUT2D eigenvalue weighted by Crippen LogP contribution is -2.50. The van der Waals surface area contributed by atoms with Gasteiger partial charge < -0.3 is 30.1 Å². The highest BCUT2D eigenvalue weighted by molar-refractivity contribution is 6.30. The Kier molecular flexibility index (Phi) is 10.5. The third-order valence-corrected chi connectivity index (χ3v) is 9.86. The van der Waals surface area contributed by atoms with Crippen molar-refractivity contribution in [3.05, 3.63) is 72.0 Å². The second-order valence-electron chi connectivity index (χ2n) is 12.6. The van der Waals surface area contributed by atoms with Crippen LogP contribution in [0.1, 0.15) is 43.7 Å². The van der Waals surface area contributed by atoms with Gasteiger partial charge in [0.25, 0.3) is 0 Å². The molecular formula is C35H45ClN8O3. The number of hydrogen-bond donors (Lipinski definition) is 2. The zero-order valence-electron chi connectivity index (χ0n) is 27.5. The molecule has 11 nitrogen and oxygen atoms in total. The van der Waals surface area contributed by atoms with Gasteiger partial charge in [-0.25, -0.2) is 15.0 Å². The zero-order valence-corrected chi connectivity index (χ0v) is 28.2. The molecule has 0 saturated carbocycles. The molecule has 2 N–H and O–H groups in total. The third kappa shape index (κ3) is 7.65. The van der Waals surface area contributed by atoms with Gasteiger partial charge in [-0.3, -0.25) is 9.63 Å². The maximum Gasteiger partial charge on any atom is 0.247 e. The standard InChI is InChI=1S/C35H45ClN8O3/c1-5-35(45)40-28-20-29(39-33-22-34(38-23-37-33)44-30(14-19-47-44)24-6-8-25(36)9-7-24)32(46-4)21-31(28)43-17-12-27(13-18-43)42-15-10-26(11-16-42)41(2)3/h5-9,20-23,26-27,30H,1,10-19H2,2-4H3,(H,40,45)(H,37,38,39)/t30-/m1/s1. The van der Waals surface area contributed by atoms with Crippen molar-refractivity contribution in [2.45, 2.75) is 50.2 Å². The first-order chi connectivity index (χ1) is 22.8. The zero-order chi connectivity index (χ0) is 32.9. The van der Waals surface area contributed by atoms with E-state index >= 15 is 0 Å². The van der Waals surface area contributed by atoms with Gasteiger partial charge in [0.05, 0.1) is 36.8 Å². The highest BCUT2D eigenvalue weighted by Gasteiger charge is 2.31. The van der Waals surface area contributed by atoms with Crippen molar-refractivity contribution in [1.29, 1.82) is 0 Å². The van der Waals surface area contributed by atoms with Gasteiger partial charge in [-0.1, -0.05) is 30.3 Å². The van der Waals surface area contributed by atoms with Crippen molar-refractivity contribution >= 4 is 46.2 Å². The molecule has 0 radical (unpaired) electrons. The molecule has 4 heterocycles. The Balaban J connectivity index is 1.19. The molecule has 250 valence electrons. The molecule has 2 aromatic carbocycles. The number of benzene rings is 2. The lowest BCUT2D eigenvalue weighted by molar-refractivity contribution is -0.111. The second-order valence-corrected chi connectivity index (χ2v) is 13.0. The van der Waals surface area contributed by atoms with Gasteiger partial charge in [0.1, 0.15) is 17.9 Å². The van der Waals surface area contributed by atoms with E-state index < -0.39 is 0 Å². The molecule has 0 bridgehead atoms. The third-order valence-electron chi connectivity index (χ3n) is 9.61. The molecule has 0 aliphatic carbocycles. The maximum atomic E-state index is 12.6. The Hall–Kier alpha value is -3.90. The number of halogens is 1. The monoisotopic (exact) mass is 660 g/mol. The number of nitrogens with zero attached hydrogens (tertiary/aromatic N) is 6. The van der Waals surface area contributed by atoms with Crippen LogP contribution in [0.25, 0.3) is 0 Å². The predicted octanol–water partition coefficient (Wildman–Crippen LogP) is 5.88. The van der Waals surface area contributed by atoms with Gasteiger partial charge in [-0.15, -0.1) is 0 Å². The average Bonchev–Trinajstić information content (AvgIpc) is 3.59. The van der Waals surface area contributed by atoms with Crippen LogP contribution in [0, 0.1) is 0 Å². The summed E-state index contributed by atoms with van der Waals surface area (Å²) in [5, 5.41) is 8.93. The lowest BCUT2D eigenvalue weighted by Gasteiger charge is -2.43. The number of methoxy groups -OCH3 is 1. The molecule has 3 saturated heterocycles. The van der Waals surface area contributed by atoms with E-state index in [1.54, 1.807) is 7.11 Å². The van der Waals surface area contributed by atoms with Crippen LogP contribution in [0.2, 0.25) is 5.02 Å². The van der Waals surface area contributed by atoms with E-state index in [0.29, 0.717) is 52.5 Å². The molecule has 1 atom stereocenters. The maximum absolute atomic E-state index is 12.6. The SMILES string of the molecule is C=CC(=O)Nc1cc(Nc2cc(N3OCC[C@@H]3c3ccc(Cl)cc3)ncn2)c(OC)cc1N1CCC(N2CCC(N(C)C)CC2)CC1. The first kappa shape index (κ1) is 33.0. The van der Waals surface area contributed by atoms with E-state index in [0.717, 1.165) is 56.7 Å². The molecule has 47 heavy (non-hydrogen) atoms. The molecule has 3 fully saturated rings. The molecular weight excluding hydrogens is 616 g/mol. The van der Waals surface area contributed by atoms with E-state index in [2.05, 4.69) is 56.0 Å². The number of rotatable bonds is 10. The number of piperidine rings is 2. The van der Waals surface area contributed by atoms with Gasteiger partial charge in [0, 0.05) is 48.7 Å². The minimum atomic E-state index is -0.273. The average molecular weight is 661 g/mol. The summed E-state index contributed by atoms with van der Waals surface area (Å²) in [7, 11) is 6.02. The van der Waals surface area contributed by atoms with Crippen LogP contribution in [0.4, 0.5) is 28.7 Å². The van der Waals surface area contributed by atoms with Crippen LogP contribution in [0.5, 0.6) is 5.75 Å². The van der Waals surface area contributed by atoms with Gasteiger partial charge >= 0.3 is 0 Å². The van der Waals surface area contributed by atoms with Crippen LogP contribution in [0.3, 0.4) is 0 Å². The molecule has 1 amide bonds. The summed E-state index contributed by atoms with van der Waals surface area (Å²) < 4.78 is 5.87. The minimum absolute atomic E-state index is 0.00132. The number of hydroxylamine groups is 1. The van der Waals surface area contributed by atoms with Gasteiger partial charge in [-0.2, -0.15) is 0 Å². The lowest BCUT2D eigenvalue weighted by atomic mass is 9.97. The van der Waals surface area contributed by atoms with Crippen molar-refractivity contribution in [1.82, 2.24) is 19.8 Å². The number of aromatic nitrogens is 2. The molecule has 0 unspecified atom stereocenters. The summed E-state index contributed by atoms with van der Waals surface area (Å²) in [6.07, 6.45) is 8.20. The Bertz CT molecular complexity index is 1540. The fraction of sp³-hybridized carbons (Fsp3) is 0.457. The molecule has 6 rings (SSSR count). The number of nitrogens with one attached hydrogen (secondary N) is 2. The largest absolute Gasteiger partial charge is 0.494 e. The first-order valence-corrected chi connectivity index (χ1v) is 16.8. The summed E-state index contributed by atoms with van der Waals surface area (Å²) in [4.78, 5) is 34.9. The molecule has 3 aliphatic heterocycles. The summed E-state index contributed by atoms with van der Waals surface area (Å²) in [6, 6.07) is 14.8. The van der Waals surface area contributed by atoms with Gasteiger partial charge in [0.15, 0.2) is 5.82 Å². The molecule has 12 heteroatoms. The van der Waals surface area contributed by atoms with Gasteiger partial charge in [0.2, 0.25) is 5.91 Å². The van der Waals surface area contributed by atoms with Crippen molar-refractivity contribution in [2.24, 2.45) is 0 Å². The Morgan fingerprint density at radius 1 is 1.02 bits per heavy atom. The number of amides is 1. The van der Waals surface area contributed by atoms with Gasteiger partial charge in [-0.05, 0) is 82.7 Å².